The Bertz CT molecular complexity index is 319. The van der Waals surface area contributed by atoms with Crippen LogP contribution in [0.15, 0.2) is 15.9 Å². The van der Waals surface area contributed by atoms with Crippen molar-refractivity contribution in [2.24, 2.45) is 5.73 Å². The first-order valence-corrected chi connectivity index (χ1v) is 7.60. The second kappa shape index (κ2) is 8.21. The highest BCUT2D eigenvalue weighted by molar-refractivity contribution is 9.11. The molecule has 0 spiro atoms. The van der Waals surface area contributed by atoms with Gasteiger partial charge < -0.3 is 10.5 Å². The molecule has 1 rings (SSSR count). The molecule has 3 nitrogen and oxygen atoms in total. The summed E-state index contributed by atoms with van der Waals surface area (Å²) in [6.45, 7) is 8.30. The van der Waals surface area contributed by atoms with Crippen LogP contribution in [-0.2, 0) is 4.74 Å². The van der Waals surface area contributed by atoms with Gasteiger partial charge in [-0.15, -0.1) is 11.3 Å². The third kappa shape index (κ3) is 4.67. The van der Waals surface area contributed by atoms with Crippen molar-refractivity contribution in [2.45, 2.75) is 19.9 Å². The molecule has 0 aliphatic carbocycles. The van der Waals surface area contributed by atoms with Crippen LogP contribution in [0.3, 0.4) is 0 Å². The first kappa shape index (κ1) is 15.1. The standard InChI is InChI=1S/C12H21BrN2OS/c1-3-15(7-8-16-4-2)10(9-14)11-5-6-12(13)17-11/h5-6,10H,3-4,7-9,14H2,1-2H3. The Morgan fingerprint density at radius 1 is 1.47 bits per heavy atom. The van der Waals surface area contributed by atoms with E-state index >= 15 is 0 Å². The number of likely N-dealkylation sites (N-methyl/N-ethyl adjacent to an activating group) is 1. The molecule has 0 bridgehead atoms. The smallest absolute Gasteiger partial charge is 0.0702 e. The first-order chi connectivity index (χ1) is 8.22. The molecule has 1 heterocycles. The molecule has 0 aliphatic heterocycles. The molecule has 17 heavy (non-hydrogen) atoms. The van der Waals surface area contributed by atoms with Gasteiger partial charge in [0, 0.05) is 24.6 Å². The number of nitrogens with zero attached hydrogens (tertiary/aromatic N) is 1. The number of nitrogens with two attached hydrogens (primary N) is 1. The molecule has 1 unspecified atom stereocenters. The summed E-state index contributed by atoms with van der Waals surface area (Å²) < 4.78 is 6.57. The Balaban J connectivity index is 2.62. The molecule has 0 aliphatic rings. The van der Waals surface area contributed by atoms with E-state index in [1.165, 1.54) is 4.88 Å². The molecule has 0 aromatic carbocycles. The fourth-order valence-electron chi connectivity index (χ4n) is 1.81. The topological polar surface area (TPSA) is 38.5 Å². The van der Waals surface area contributed by atoms with Crippen molar-refractivity contribution in [1.29, 1.82) is 0 Å². The van der Waals surface area contributed by atoms with E-state index in [0.717, 1.165) is 30.1 Å². The quantitative estimate of drug-likeness (QED) is 0.748. The molecule has 1 aromatic heterocycles. The van der Waals surface area contributed by atoms with Crippen molar-refractivity contribution in [3.05, 3.63) is 20.8 Å². The van der Waals surface area contributed by atoms with Crippen LogP contribution >= 0.6 is 27.3 Å². The molecule has 0 radical (unpaired) electrons. The van der Waals surface area contributed by atoms with Gasteiger partial charge in [0.25, 0.3) is 0 Å². The zero-order chi connectivity index (χ0) is 12.7. The van der Waals surface area contributed by atoms with Gasteiger partial charge in [-0.25, -0.2) is 0 Å². The Morgan fingerprint density at radius 2 is 2.24 bits per heavy atom. The van der Waals surface area contributed by atoms with Gasteiger partial charge in [-0.2, -0.15) is 0 Å². The monoisotopic (exact) mass is 320 g/mol. The van der Waals surface area contributed by atoms with Crippen LogP contribution in [0, 0.1) is 0 Å². The lowest BCUT2D eigenvalue weighted by molar-refractivity contribution is 0.0988. The van der Waals surface area contributed by atoms with E-state index in [1.54, 1.807) is 11.3 Å². The average Bonchev–Trinajstić information content (AvgIpc) is 2.75. The van der Waals surface area contributed by atoms with Gasteiger partial charge in [0.05, 0.1) is 16.4 Å². The predicted octanol–water partition coefficient (Wildman–Crippen LogP) is 2.87. The minimum absolute atomic E-state index is 0.303. The highest BCUT2D eigenvalue weighted by atomic mass is 79.9. The molecule has 0 saturated carbocycles. The first-order valence-electron chi connectivity index (χ1n) is 6.00. The average molecular weight is 321 g/mol. The van der Waals surface area contributed by atoms with E-state index in [-0.39, 0.29) is 0 Å². The van der Waals surface area contributed by atoms with Gasteiger partial charge >= 0.3 is 0 Å². The molecule has 98 valence electrons. The molecule has 0 saturated heterocycles. The molecule has 5 heteroatoms. The van der Waals surface area contributed by atoms with Crippen LogP contribution in [-0.4, -0.2) is 37.7 Å². The summed E-state index contributed by atoms with van der Waals surface area (Å²) in [4.78, 5) is 3.69. The number of rotatable bonds is 8. The van der Waals surface area contributed by atoms with Crippen molar-refractivity contribution < 1.29 is 4.74 Å². The summed E-state index contributed by atoms with van der Waals surface area (Å²) in [6, 6.07) is 4.53. The van der Waals surface area contributed by atoms with Gasteiger partial charge in [-0.3, -0.25) is 4.90 Å². The number of halogens is 1. The van der Waals surface area contributed by atoms with Crippen LogP contribution in [0.2, 0.25) is 0 Å². The molecular weight excluding hydrogens is 300 g/mol. The molecule has 1 aromatic rings. The fraction of sp³-hybridized carbons (Fsp3) is 0.667. The van der Waals surface area contributed by atoms with Crippen molar-refractivity contribution in [3.63, 3.8) is 0 Å². The summed E-state index contributed by atoms with van der Waals surface area (Å²) in [6.07, 6.45) is 0. The maximum Gasteiger partial charge on any atom is 0.0702 e. The van der Waals surface area contributed by atoms with Crippen molar-refractivity contribution >= 4 is 27.3 Å². The zero-order valence-corrected chi connectivity index (χ0v) is 12.9. The molecule has 0 fully saturated rings. The maximum atomic E-state index is 5.90. The second-order valence-corrected chi connectivity index (χ2v) is 6.21. The second-order valence-electron chi connectivity index (χ2n) is 3.72. The van der Waals surface area contributed by atoms with Crippen LogP contribution < -0.4 is 5.73 Å². The van der Waals surface area contributed by atoms with Gasteiger partial charge in [-0.05, 0) is 41.5 Å². The number of hydrogen-bond donors (Lipinski definition) is 1. The maximum absolute atomic E-state index is 5.90. The largest absolute Gasteiger partial charge is 0.380 e. The van der Waals surface area contributed by atoms with E-state index in [2.05, 4.69) is 39.9 Å². The van der Waals surface area contributed by atoms with Gasteiger partial charge in [0.15, 0.2) is 0 Å². The normalized spacial score (nSPS) is 13.2. The van der Waals surface area contributed by atoms with E-state index < -0.39 is 0 Å². The molecule has 2 N–H and O–H groups in total. The lowest BCUT2D eigenvalue weighted by Crippen LogP contribution is -2.35. The van der Waals surface area contributed by atoms with Crippen LogP contribution in [0.5, 0.6) is 0 Å². The van der Waals surface area contributed by atoms with Gasteiger partial charge in [0.1, 0.15) is 0 Å². The highest BCUT2D eigenvalue weighted by Gasteiger charge is 2.18. The fourth-order valence-corrected chi connectivity index (χ4v) is 3.38. The Hall–Kier alpha value is 0.0600. The van der Waals surface area contributed by atoms with Crippen LogP contribution in [0.4, 0.5) is 0 Å². The van der Waals surface area contributed by atoms with Gasteiger partial charge in [0.2, 0.25) is 0 Å². The number of thiophene rings is 1. The molecule has 1 atom stereocenters. The summed E-state index contributed by atoms with van der Waals surface area (Å²) >= 11 is 5.26. The molecule has 0 amide bonds. The zero-order valence-electron chi connectivity index (χ0n) is 10.5. The van der Waals surface area contributed by atoms with E-state index in [0.29, 0.717) is 12.6 Å². The van der Waals surface area contributed by atoms with Crippen LogP contribution in [0.25, 0.3) is 0 Å². The third-order valence-electron chi connectivity index (χ3n) is 2.72. The lowest BCUT2D eigenvalue weighted by Gasteiger charge is -2.28. The van der Waals surface area contributed by atoms with Crippen molar-refractivity contribution in [1.82, 2.24) is 4.90 Å². The molecular formula is C12H21BrN2OS. The van der Waals surface area contributed by atoms with E-state index in [4.69, 9.17) is 10.5 Å². The lowest BCUT2D eigenvalue weighted by atomic mass is 10.2. The van der Waals surface area contributed by atoms with Crippen molar-refractivity contribution in [3.8, 4) is 0 Å². The van der Waals surface area contributed by atoms with Crippen molar-refractivity contribution in [2.75, 3.05) is 32.8 Å². The summed E-state index contributed by atoms with van der Waals surface area (Å²) in [5.74, 6) is 0. The Labute approximate surface area is 116 Å². The highest BCUT2D eigenvalue weighted by Crippen LogP contribution is 2.30. The minimum Gasteiger partial charge on any atom is -0.380 e. The van der Waals surface area contributed by atoms with E-state index in [1.807, 2.05) is 6.92 Å². The SMILES string of the molecule is CCOCCN(CC)C(CN)c1ccc(Br)s1. The number of ether oxygens (including phenoxy) is 1. The van der Waals surface area contributed by atoms with Gasteiger partial charge in [-0.1, -0.05) is 6.92 Å². The minimum atomic E-state index is 0.303. The van der Waals surface area contributed by atoms with E-state index in [9.17, 15) is 0 Å². The third-order valence-corrected chi connectivity index (χ3v) is 4.44. The Kier molecular flexibility index (Phi) is 7.30. The summed E-state index contributed by atoms with van der Waals surface area (Å²) in [7, 11) is 0. The Morgan fingerprint density at radius 3 is 2.71 bits per heavy atom. The summed E-state index contributed by atoms with van der Waals surface area (Å²) in [5, 5.41) is 0. The number of hydrogen-bond acceptors (Lipinski definition) is 4. The van der Waals surface area contributed by atoms with Crippen LogP contribution in [0.1, 0.15) is 24.8 Å². The predicted molar refractivity (Wildman–Crippen MR) is 77.6 cm³/mol. The summed E-state index contributed by atoms with van der Waals surface area (Å²) in [5.41, 5.74) is 5.90.